The lowest BCUT2D eigenvalue weighted by Crippen LogP contribution is -2.07. The Morgan fingerprint density at radius 2 is 1.75 bits per heavy atom. The molecule has 1 N–H and O–H groups in total. The van der Waals surface area contributed by atoms with Crippen LogP contribution in [0.4, 0.5) is 4.39 Å². The quantitative estimate of drug-likeness (QED) is 0.936. The first kappa shape index (κ1) is 14.1. The molecule has 0 aliphatic heterocycles. The first-order valence-corrected chi connectivity index (χ1v) is 7.38. The molecule has 5 nitrogen and oxygen atoms in total. The van der Waals surface area contributed by atoms with Crippen molar-refractivity contribution in [3.63, 3.8) is 0 Å². The third kappa shape index (κ3) is 2.83. The first-order chi connectivity index (χ1) is 9.29. The minimum absolute atomic E-state index is 0.00704. The van der Waals surface area contributed by atoms with Gasteiger partial charge in [-0.1, -0.05) is 0 Å². The molecule has 0 spiro atoms. The number of rotatable bonds is 3. The zero-order valence-electron chi connectivity index (χ0n) is 10.4. The Kier molecular flexibility index (Phi) is 3.54. The number of sulfone groups is 1. The van der Waals surface area contributed by atoms with Crippen molar-refractivity contribution in [3.05, 3.63) is 47.9 Å². The second-order valence-electron chi connectivity index (χ2n) is 4.13. The fraction of sp³-hybridized carbons (Fsp3) is 0.0769. The SMILES string of the molecule is CS(=O)(=O)c1ccc(C(=O)O)nc1-c1ccc(F)cc1. The number of carboxylic acid groups (broad SMARTS) is 1. The van der Waals surface area contributed by atoms with Crippen molar-refractivity contribution in [1.29, 1.82) is 0 Å². The number of hydrogen-bond donors (Lipinski definition) is 1. The van der Waals surface area contributed by atoms with Crippen LogP contribution in [0.25, 0.3) is 11.3 Å². The number of carboxylic acids is 1. The van der Waals surface area contributed by atoms with Crippen LogP contribution in [0.15, 0.2) is 41.3 Å². The molecule has 0 saturated carbocycles. The number of carbonyl (C=O) groups is 1. The molecule has 104 valence electrons. The lowest BCUT2D eigenvalue weighted by atomic mass is 10.1. The van der Waals surface area contributed by atoms with E-state index in [2.05, 4.69) is 4.98 Å². The minimum Gasteiger partial charge on any atom is -0.477 e. The molecule has 0 saturated heterocycles. The molecule has 0 aliphatic rings. The van der Waals surface area contributed by atoms with Gasteiger partial charge in [-0.3, -0.25) is 0 Å². The number of nitrogens with zero attached hydrogens (tertiary/aromatic N) is 1. The molecule has 7 heteroatoms. The third-order valence-corrected chi connectivity index (χ3v) is 3.72. The first-order valence-electron chi connectivity index (χ1n) is 5.49. The largest absolute Gasteiger partial charge is 0.477 e. The third-order valence-electron chi connectivity index (χ3n) is 2.59. The Labute approximate surface area is 114 Å². The van der Waals surface area contributed by atoms with Crippen molar-refractivity contribution < 1.29 is 22.7 Å². The Morgan fingerprint density at radius 1 is 1.15 bits per heavy atom. The van der Waals surface area contributed by atoms with Crippen LogP contribution in [0.5, 0.6) is 0 Å². The molecule has 1 aromatic carbocycles. The number of hydrogen-bond acceptors (Lipinski definition) is 4. The molecule has 0 fully saturated rings. The highest BCUT2D eigenvalue weighted by Gasteiger charge is 2.18. The predicted octanol–water partition coefficient (Wildman–Crippen LogP) is 1.99. The highest BCUT2D eigenvalue weighted by molar-refractivity contribution is 7.90. The van der Waals surface area contributed by atoms with Gasteiger partial charge in [0.05, 0.1) is 10.6 Å². The van der Waals surface area contributed by atoms with Gasteiger partial charge in [0.2, 0.25) is 0 Å². The molecule has 0 aliphatic carbocycles. The molecular formula is C13H10FNO4S. The van der Waals surface area contributed by atoms with E-state index in [1.807, 2.05) is 0 Å². The molecule has 2 aromatic rings. The predicted molar refractivity (Wildman–Crippen MR) is 69.7 cm³/mol. The van der Waals surface area contributed by atoms with Crippen molar-refractivity contribution in [3.8, 4) is 11.3 Å². The van der Waals surface area contributed by atoms with Crippen LogP contribution in [0, 0.1) is 5.82 Å². The summed E-state index contributed by atoms with van der Waals surface area (Å²) in [5, 5.41) is 8.92. The van der Waals surface area contributed by atoms with E-state index in [9.17, 15) is 17.6 Å². The van der Waals surface area contributed by atoms with E-state index in [1.54, 1.807) is 0 Å². The second kappa shape index (κ2) is 5.01. The van der Waals surface area contributed by atoms with Gasteiger partial charge in [0.1, 0.15) is 11.5 Å². The molecule has 20 heavy (non-hydrogen) atoms. The van der Waals surface area contributed by atoms with Gasteiger partial charge in [0, 0.05) is 11.8 Å². The summed E-state index contributed by atoms with van der Waals surface area (Å²) in [4.78, 5) is 14.7. The van der Waals surface area contributed by atoms with Gasteiger partial charge in [0.15, 0.2) is 9.84 Å². The number of aromatic nitrogens is 1. The average molecular weight is 295 g/mol. The van der Waals surface area contributed by atoms with Crippen LogP contribution in [0.1, 0.15) is 10.5 Å². The monoisotopic (exact) mass is 295 g/mol. The van der Waals surface area contributed by atoms with Gasteiger partial charge in [-0.05, 0) is 36.4 Å². The van der Waals surface area contributed by atoms with Crippen molar-refractivity contribution in [1.82, 2.24) is 4.98 Å². The molecule has 0 unspecified atom stereocenters. The zero-order valence-corrected chi connectivity index (χ0v) is 11.2. The van der Waals surface area contributed by atoms with Crippen molar-refractivity contribution in [2.75, 3.05) is 6.26 Å². The fourth-order valence-electron chi connectivity index (χ4n) is 1.68. The molecule has 0 amide bonds. The van der Waals surface area contributed by atoms with Crippen LogP contribution in [0.2, 0.25) is 0 Å². The van der Waals surface area contributed by atoms with E-state index >= 15 is 0 Å². The van der Waals surface area contributed by atoms with Gasteiger partial charge >= 0.3 is 5.97 Å². The highest BCUT2D eigenvalue weighted by atomic mass is 32.2. The Balaban J connectivity index is 2.73. The smallest absolute Gasteiger partial charge is 0.354 e. The Morgan fingerprint density at radius 3 is 2.25 bits per heavy atom. The Hall–Kier alpha value is -2.28. The maximum atomic E-state index is 12.9. The van der Waals surface area contributed by atoms with E-state index < -0.39 is 21.6 Å². The van der Waals surface area contributed by atoms with Gasteiger partial charge in [-0.25, -0.2) is 22.6 Å². The van der Waals surface area contributed by atoms with Gasteiger partial charge in [-0.2, -0.15) is 0 Å². The molecule has 1 aromatic heterocycles. The van der Waals surface area contributed by atoms with Gasteiger partial charge in [-0.15, -0.1) is 0 Å². The van der Waals surface area contributed by atoms with Gasteiger partial charge < -0.3 is 5.11 Å². The van der Waals surface area contributed by atoms with E-state index in [1.165, 1.54) is 18.2 Å². The summed E-state index contributed by atoms with van der Waals surface area (Å²) in [7, 11) is -3.58. The summed E-state index contributed by atoms with van der Waals surface area (Å²) in [6.45, 7) is 0. The van der Waals surface area contributed by atoms with Crippen LogP contribution >= 0.6 is 0 Å². The lowest BCUT2D eigenvalue weighted by molar-refractivity contribution is 0.0690. The highest BCUT2D eigenvalue weighted by Crippen LogP contribution is 2.26. The van der Waals surface area contributed by atoms with Crippen molar-refractivity contribution in [2.24, 2.45) is 0 Å². The van der Waals surface area contributed by atoms with E-state index in [0.29, 0.717) is 5.56 Å². The summed E-state index contributed by atoms with van der Waals surface area (Å²) in [6, 6.07) is 7.29. The van der Waals surface area contributed by atoms with Crippen molar-refractivity contribution in [2.45, 2.75) is 4.90 Å². The molecule has 0 bridgehead atoms. The summed E-state index contributed by atoms with van der Waals surface area (Å²) in [6.07, 6.45) is 0.997. The minimum atomic E-state index is -3.58. The maximum Gasteiger partial charge on any atom is 0.354 e. The molecule has 0 radical (unpaired) electrons. The van der Waals surface area contributed by atoms with Crippen molar-refractivity contribution >= 4 is 15.8 Å². The second-order valence-corrected chi connectivity index (χ2v) is 6.11. The molecule has 1 heterocycles. The topological polar surface area (TPSA) is 84.3 Å². The summed E-state index contributed by atoms with van der Waals surface area (Å²) in [5.74, 6) is -1.75. The van der Waals surface area contributed by atoms with Crippen LogP contribution in [-0.2, 0) is 9.84 Å². The van der Waals surface area contributed by atoms with Crippen LogP contribution < -0.4 is 0 Å². The summed E-state index contributed by atoms with van der Waals surface area (Å²) in [5.41, 5.74) is 0.0408. The lowest BCUT2D eigenvalue weighted by Gasteiger charge is -2.08. The number of halogens is 1. The number of aromatic carboxylic acids is 1. The van der Waals surface area contributed by atoms with Crippen LogP contribution in [-0.4, -0.2) is 30.7 Å². The molecule has 0 atom stereocenters. The molecular weight excluding hydrogens is 285 g/mol. The fourth-order valence-corrected chi connectivity index (χ4v) is 2.51. The molecule has 2 rings (SSSR count). The summed E-state index contributed by atoms with van der Waals surface area (Å²) >= 11 is 0. The van der Waals surface area contributed by atoms with E-state index in [-0.39, 0.29) is 16.3 Å². The Bertz CT molecular complexity index is 769. The zero-order chi connectivity index (χ0) is 14.9. The van der Waals surface area contributed by atoms with Gasteiger partial charge in [0.25, 0.3) is 0 Å². The standard InChI is InChI=1S/C13H10FNO4S/c1-20(18,19)11-7-6-10(13(16)17)15-12(11)8-2-4-9(14)5-3-8/h2-7H,1H3,(H,16,17). The number of pyridine rings is 1. The number of benzene rings is 1. The normalized spacial score (nSPS) is 11.3. The van der Waals surface area contributed by atoms with Crippen LogP contribution in [0.3, 0.4) is 0 Å². The van der Waals surface area contributed by atoms with E-state index in [4.69, 9.17) is 5.11 Å². The summed E-state index contributed by atoms with van der Waals surface area (Å²) < 4.78 is 36.3. The average Bonchev–Trinajstić information content (AvgIpc) is 2.37. The van der Waals surface area contributed by atoms with E-state index in [0.717, 1.165) is 24.5 Å². The maximum absolute atomic E-state index is 12.9.